The third-order valence-corrected chi connectivity index (χ3v) is 2.77. The molecule has 0 unspecified atom stereocenters. The van der Waals surface area contributed by atoms with Crippen molar-refractivity contribution in [3.63, 3.8) is 0 Å². The molecule has 0 aromatic carbocycles. The monoisotopic (exact) mass is 237 g/mol. The Hall–Kier alpha value is -1.15. The Balaban J connectivity index is 2.18. The van der Waals surface area contributed by atoms with Gasteiger partial charge in [-0.1, -0.05) is 0 Å². The molecule has 15 heavy (non-hydrogen) atoms. The van der Waals surface area contributed by atoms with E-state index in [1.54, 1.807) is 10.8 Å². The Bertz CT molecular complexity index is 389. The van der Waals surface area contributed by atoms with Crippen LogP contribution in [-0.2, 0) is 0 Å². The van der Waals surface area contributed by atoms with Crippen LogP contribution in [0.25, 0.3) is 0 Å². The maximum absolute atomic E-state index is 12.4. The van der Waals surface area contributed by atoms with E-state index in [-0.39, 0.29) is 5.71 Å². The summed E-state index contributed by atoms with van der Waals surface area (Å²) in [4.78, 5) is 3.82. The van der Waals surface area contributed by atoms with E-state index in [9.17, 15) is 18.3 Å². The van der Waals surface area contributed by atoms with Gasteiger partial charge in [-0.15, -0.1) is 11.3 Å². The van der Waals surface area contributed by atoms with Crippen molar-refractivity contribution < 1.29 is 18.3 Å². The van der Waals surface area contributed by atoms with Gasteiger partial charge in [0.05, 0.1) is 6.42 Å². The van der Waals surface area contributed by atoms with Crippen molar-refractivity contribution in [3.8, 4) is 0 Å². The molecule has 0 saturated heterocycles. The zero-order valence-electron chi connectivity index (χ0n) is 7.25. The molecule has 1 aromatic rings. The van der Waals surface area contributed by atoms with E-state index in [1.807, 2.05) is 0 Å². The number of aliphatic hydroxyl groups is 1. The van der Waals surface area contributed by atoms with E-state index in [0.29, 0.717) is 5.01 Å². The number of alkyl halides is 3. The van der Waals surface area contributed by atoms with Crippen molar-refractivity contribution in [1.82, 2.24) is 10.4 Å². The summed E-state index contributed by atoms with van der Waals surface area (Å²) in [7, 11) is 0. The van der Waals surface area contributed by atoms with Crippen LogP contribution in [0.3, 0.4) is 0 Å². The summed E-state index contributed by atoms with van der Waals surface area (Å²) < 4.78 is 37.1. The van der Waals surface area contributed by atoms with Crippen LogP contribution in [0.15, 0.2) is 16.7 Å². The van der Waals surface area contributed by atoms with Gasteiger partial charge in [-0.05, 0) is 0 Å². The lowest BCUT2D eigenvalue weighted by atomic mass is 10.1. The predicted molar refractivity (Wildman–Crippen MR) is 47.4 cm³/mol. The van der Waals surface area contributed by atoms with Crippen molar-refractivity contribution in [1.29, 1.82) is 0 Å². The molecule has 0 bridgehead atoms. The van der Waals surface area contributed by atoms with Crippen LogP contribution in [0.1, 0.15) is 11.4 Å². The van der Waals surface area contributed by atoms with Crippen LogP contribution >= 0.6 is 11.3 Å². The Labute approximate surface area is 86.5 Å². The predicted octanol–water partition coefficient (Wildman–Crippen LogP) is 1.09. The SMILES string of the molecule is O[C@]1(C(F)(F)F)CC(c2nccs2)=NN1. The first-order valence-electron chi connectivity index (χ1n) is 3.95. The van der Waals surface area contributed by atoms with Crippen molar-refractivity contribution in [2.45, 2.75) is 18.3 Å². The molecule has 2 N–H and O–H groups in total. The highest BCUT2D eigenvalue weighted by molar-refractivity contribution is 7.11. The fraction of sp³-hybridized carbons (Fsp3) is 0.429. The average molecular weight is 237 g/mol. The molecule has 0 radical (unpaired) electrons. The van der Waals surface area contributed by atoms with Crippen LogP contribution < -0.4 is 5.43 Å². The molecule has 0 saturated carbocycles. The average Bonchev–Trinajstić information content (AvgIpc) is 2.70. The van der Waals surface area contributed by atoms with Crippen LogP contribution in [0, 0.1) is 0 Å². The van der Waals surface area contributed by atoms with Gasteiger partial charge >= 0.3 is 6.18 Å². The molecule has 4 nitrogen and oxygen atoms in total. The largest absolute Gasteiger partial charge is 0.438 e. The number of thiazole rings is 1. The molecule has 1 aromatic heterocycles. The van der Waals surface area contributed by atoms with Crippen molar-refractivity contribution >= 4 is 17.0 Å². The lowest BCUT2D eigenvalue weighted by molar-refractivity contribution is -0.266. The maximum Gasteiger partial charge on any atom is 0.438 e. The third-order valence-electron chi connectivity index (χ3n) is 1.95. The second-order valence-corrected chi connectivity index (χ2v) is 3.94. The lowest BCUT2D eigenvalue weighted by Crippen LogP contribution is -2.52. The number of rotatable bonds is 1. The molecular weight excluding hydrogens is 231 g/mol. The lowest BCUT2D eigenvalue weighted by Gasteiger charge is -2.24. The zero-order chi connectivity index (χ0) is 11.1. The number of hydrazone groups is 1. The topological polar surface area (TPSA) is 57.5 Å². The van der Waals surface area contributed by atoms with Crippen LogP contribution in [-0.4, -0.2) is 27.7 Å². The van der Waals surface area contributed by atoms with Gasteiger partial charge in [0.2, 0.25) is 0 Å². The Morgan fingerprint density at radius 1 is 1.53 bits per heavy atom. The van der Waals surface area contributed by atoms with Gasteiger partial charge in [-0.25, -0.2) is 4.98 Å². The number of hydrogen-bond acceptors (Lipinski definition) is 5. The van der Waals surface area contributed by atoms with Gasteiger partial charge in [-0.2, -0.15) is 18.3 Å². The summed E-state index contributed by atoms with van der Waals surface area (Å²) in [6.45, 7) is 0. The minimum absolute atomic E-state index is 0.116. The van der Waals surface area contributed by atoms with Crippen molar-refractivity contribution in [3.05, 3.63) is 16.6 Å². The van der Waals surface area contributed by atoms with Gasteiger partial charge in [-0.3, -0.25) is 5.43 Å². The van der Waals surface area contributed by atoms with Crippen molar-refractivity contribution in [2.75, 3.05) is 0 Å². The molecule has 0 fully saturated rings. The minimum Gasteiger partial charge on any atom is -0.362 e. The number of nitrogens with zero attached hydrogens (tertiary/aromatic N) is 2. The zero-order valence-corrected chi connectivity index (χ0v) is 8.06. The summed E-state index contributed by atoms with van der Waals surface area (Å²) in [5.74, 6) is 0. The van der Waals surface area contributed by atoms with Crippen molar-refractivity contribution in [2.24, 2.45) is 5.10 Å². The minimum atomic E-state index is -4.75. The number of aromatic nitrogens is 1. The maximum atomic E-state index is 12.4. The molecule has 2 heterocycles. The smallest absolute Gasteiger partial charge is 0.362 e. The fourth-order valence-electron chi connectivity index (χ4n) is 1.13. The van der Waals surface area contributed by atoms with E-state index in [0.717, 1.165) is 0 Å². The highest BCUT2D eigenvalue weighted by atomic mass is 32.1. The Morgan fingerprint density at radius 3 is 2.73 bits per heavy atom. The summed E-state index contributed by atoms with van der Waals surface area (Å²) in [5.41, 5.74) is -1.15. The van der Waals surface area contributed by atoms with E-state index in [2.05, 4.69) is 10.1 Å². The second-order valence-electron chi connectivity index (χ2n) is 3.04. The number of halogens is 3. The third kappa shape index (κ3) is 1.70. The first kappa shape index (κ1) is 10.4. The van der Waals surface area contributed by atoms with Crippen LogP contribution in [0.2, 0.25) is 0 Å². The molecule has 1 aliphatic heterocycles. The normalized spacial score (nSPS) is 26.3. The van der Waals surface area contributed by atoms with Gasteiger partial charge < -0.3 is 5.11 Å². The first-order valence-corrected chi connectivity index (χ1v) is 4.83. The number of hydrogen-bond donors (Lipinski definition) is 2. The molecule has 1 aliphatic rings. The standard InChI is InChI=1S/C7H6F3N3OS/c8-7(9,10)6(14)3-4(12-13-6)5-11-1-2-15-5/h1-2,13-14H,3H2/t6-/m0/s1. The van der Waals surface area contributed by atoms with Gasteiger partial charge in [0.15, 0.2) is 0 Å². The molecule has 8 heteroatoms. The summed E-state index contributed by atoms with van der Waals surface area (Å²) in [6, 6.07) is 0. The second kappa shape index (κ2) is 3.17. The molecular formula is C7H6F3N3OS. The Kier molecular flexibility index (Phi) is 2.19. The molecule has 82 valence electrons. The first-order chi connectivity index (χ1) is 6.92. The van der Waals surface area contributed by atoms with Crippen LogP contribution in [0.5, 0.6) is 0 Å². The van der Waals surface area contributed by atoms with E-state index < -0.39 is 18.3 Å². The highest BCUT2D eigenvalue weighted by Gasteiger charge is 2.57. The molecule has 0 spiro atoms. The summed E-state index contributed by atoms with van der Waals surface area (Å²) >= 11 is 1.17. The van der Waals surface area contributed by atoms with Gasteiger partial charge in [0.1, 0.15) is 10.7 Å². The molecule has 0 aliphatic carbocycles. The summed E-state index contributed by atoms with van der Waals surface area (Å²) in [5, 5.41) is 14.7. The molecule has 1 atom stereocenters. The van der Waals surface area contributed by atoms with Crippen LogP contribution in [0.4, 0.5) is 13.2 Å². The van der Waals surface area contributed by atoms with Gasteiger partial charge in [0, 0.05) is 11.6 Å². The van der Waals surface area contributed by atoms with E-state index >= 15 is 0 Å². The van der Waals surface area contributed by atoms with E-state index in [1.165, 1.54) is 17.5 Å². The number of nitrogens with one attached hydrogen (secondary N) is 1. The molecule has 0 amide bonds. The fourth-order valence-corrected chi connectivity index (χ4v) is 1.76. The van der Waals surface area contributed by atoms with E-state index in [4.69, 9.17) is 0 Å². The highest BCUT2D eigenvalue weighted by Crippen LogP contribution is 2.35. The quantitative estimate of drug-likeness (QED) is 0.768. The Morgan fingerprint density at radius 2 is 2.27 bits per heavy atom. The van der Waals surface area contributed by atoms with Gasteiger partial charge in [0.25, 0.3) is 5.72 Å². The molecule has 2 rings (SSSR count). The summed E-state index contributed by atoms with van der Waals surface area (Å²) in [6.07, 6.45) is -3.91.